The highest BCUT2D eigenvalue weighted by molar-refractivity contribution is 8.03. The summed E-state index contributed by atoms with van der Waals surface area (Å²) in [5, 5.41) is 13.0. The maximum atomic E-state index is 8.09. The molecule has 3 rings (SSSR count). The zero-order valence-corrected chi connectivity index (χ0v) is 21.0. The first-order chi connectivity index (χ1) is 16.1. The van der Waals surface area contributed by atoms with Crippen LogP contribution in [0.2, 0.25) is 0 Å². The monoisotopic (exact) mass is 479 g/mol. The van der Waals surface area contributed by atoms with Crippen molar-refractivity contribution in [1.29, 1.82) is 5.41 Å². The average molecular weight is 480 g/mol. The van der Waals surface area contributed by atoms with E-state index in [2.05, 4.69) is 48.9 Å². The van der Waals surface area contributed by atoms with Crippen LogP contribution in [0.1, 0.15) is 37.8 Å². The summed E-state index contributed by atoms with van der Waals surface area (Å²) in [6, 6.07) is 19.9. The van der Waals surface area contributed by atoms with E-state index in [9.17, 15) is 0 Å². The van der Waals surface area contributed by atoms with Crippen molar-refractivity contribution in [2.75, 3.05) is 14.2 Å². The number of ether oxygens (including phenoxy) is 2. The molecule has 0 fully saturated rings. The largest absolute Gasteiger partial charge is 0.497 e. The SMILES string of the molecule is CC/C(=C\Sc1cc(S/C=C(\CC)c2ccc(OC)cc2)oc(=N)c1)c1ccc(OC)cc1. The molecule has 6 heteroatoms. The number of nitrogens with one attached hydrogen (secondary N) is 1. The summed E-state index contributed by atoms with van der Waals surface area (Å²) in [5.74, 6) is 1.69. The lowest BCUT2D eigenvalue weighted by Gasteiger charge is -2.08. The van der Waals surface area contributed by atoms with Crippen molar-refractivity contribution in [3.8, 4) is 11.5 Å². The van der Waals surface area contributed by atoms with Gasteiger partial charge in [0.15, 0.2) is 5.09 Å². The van der Waals surface area contributed by atoms with E-state index in [0.29, 0.717) is 5.09 Å². The predicted molar refractivity (Wildman–Crippen MR) is 139 cm³/mol. The summed E-state index contributed by atoms with van der Waals surface area (Å²) in [6.07, 6.45) is 1.81. The van der Waals surface area contributed by atoms with Gasteiger partial charge < -0.3 is 13.9 Å². The lowest BCUT2D eigenvalue weighted by molar-refractivity contribution is 0.399. The molecular weight excluding hydrogens is 450 g/mol. The molecule has 172 valence electrons. The number of hydrogen-bond acceptors (Lipinski definition) is 6. The summed E-state index contributed by atoms with van der Waals surface area (Å²) in [7, 11) is 3.34. The Labute approximate surface area is 204 Å². The van der Waals surface area contributed by atoms with E-state index in [1.807, 2.05) is 30.3 Å². The second kappa shape index (κ2) is 12.4. The van der Waals surface area contributed by atoms with Gasteiger partial charge in [-0.3, -0.25) is 5.41 Å². The second-order valence-electron chi connectivity index (χ2n) is 7.16. The van der Waals surface area contributed by atoms with Gasteiger partial charge in [-0.05, 0) is 70.2 Å². The molecule has 4 nitrogen and oxygen atoms in total. The molecule has 2 aromatic carbocycles. The summed E-state index contributed by atoms with van der Waals surface area (Å²) in [4.78, 5) is 0.976. The quantitative estimate of drug-likeness (QED) is 0.300. The highest BCUT2D eigenvalue weighted by Gasteiger charge is 2.05. The molecule has 0 atom stereocenters. The smallest absolute Gasteiger partial charge is 0.213 e. The number of thioether (sulfide) groups is 2. The molecule has 0 spiro atoms. The van der Waals surface area contributed by atoms with E-state index in [-0.39, 0.29) is 5.55 Å². The van der Waals surface area contributed by atoms with E-state index in [4.69, 9.17) is 19.3 Å². The van der Waals surface area contributed by atoms with Gasteiger partial charge in [-0.2, -0.15) is 0 Å². The minimum atomic E-state index is 0.147. The van der Waals surface area contributed by atoms with Crippen molar-refractivity contribution >= 4 is 34.7 Å². The Balaban J connectivity index is 1.77. The third-order valence-corrected chi connectivity index (χ3v) is 6.83. The van der Waals surface area contributed by atoms with Gasteiger partial charge in [0, 0.05) is 17.0 Å². The number of methoxy groups -OCH3 is 2. The van der Waals surface area contributed by atoms with Crippen LogP contribution in [0.15, 0.2) is 85.9 Å². The van der Waals surface area contributed by atoms with Gasteiger partial charge in [0.05, 0.1) is 14.2 Å². The van der Waals surface area contributed by atoms with E-state index >= 15 is 0 Å². The normalized spacial score (nSPS) is 12.0. The standard InChI is InChI=1S/C27H29NO3S2/c1-5-19(21-7-11-23(29-3)12-8-21)17-32-25-15-26(28)31-27(16-25)33-18-20(6-2)22-9-13-24(30-4)14-10-22/h7-18,28H,5-6H2,1-4H3/b19-17+,20-18+,28-26?. The molecule has 3 aromatic rings. The molecule has 1 N–H and O–H groups in total. The first kappa shape index (κ1) is 24.8. The first-order valence-electron chi connectivity index (χ1n) is 10.8. The maximum Gasteiger partial charge on any atom is 0.213 e. The molecular formula is C27H29NO3S2. The van der Waals surface area contributed by atoms with Crippen LogP contribution in [0.25, 0.3) is 11.1 Å². The molecule has 1 heterocycles. The molecule has 0 unspecified atom stereocenters. The molecule has 0 radical (unpaired) electrons. The summed E-state index contributed by atoms with van der Waals surface area (Å²) in [6.45, 7) is 4.27. The van der Waals surface area contributed by atoms with Crippen LogP contribution >= 0.6 is 23.5 Å². The fourth-order valence-corrected chi connectivity index (χ4v) is 5.07. The summed E-state index contributed by atoms with van der Waals surface area (Å²) < 4.78 is 16.2. The maximum absolute atomic E-state index is 8.09. The Morgan fingerprint density at radius 3 is 1.73 bits per heavy atom. The van der Waals surface area contributed by atoms with Crippen molar-refractivity contribution in [2.24, 2.45) is 0 Å². The number of benzene rings is 2. The summed E-state index contributed by atoms with van der Waals surface area (Å²) >= 11 is 3.10. The lowest BCUT2D eigenvalue weighted by atomic mass is 10.1. The molecule has 0 aliphatic carbocycles. The lowest BCUT2D eigenvalue weighted by Crippen LogP contribution is -1.97. The molecule has 0 amide bonds. The van der Waals surface area contributed by atoms with Gasteiger partial charge in [-0.15, -0.1) is 0 Å². The predicted octanol–water partition coefficient (Wildman–Crippen LogP) is 7.86. The highest BCUT2D eigenvalue weighted by Crippen LogP contribution is 2.31. The van der Waals surface area contributed by atoms with Crippen LogP contribution in [0.4, 0.5) is 0 Å². The molecule has 0 bridgehead atoms. The van der Waals surface area contributed by atoms with Gasteiger partial charge in [0.2, 0.25) is 5.55 Å². The Morgan fingerprint density at radius 2 is 1.27 bits per heavy atom. The Bertz CT molecular complexity index is 1070. The van der Waals surface area contributed by atoms with Gasteiger partial charge in [-0.25, -0.2) is 0 Å². The van der Waals surface area contributed by atoms with Crippen molar-refractivity contribution in [3.63, 3.8) is 0 Å². The van der Waals surface area contributed by atoms with Crippen LogP contribution in [-0.2, 0) is 0 Å². The Kier molecular flexibility index (Phi) is 9.34. The first-order valence-corrected chi connectivity index (χ1v) is 12.5. The third kappa shape index (κ3) is 7.07. The molecule has 33 heavy (non-hydrogen) atoms. The van der Waals surface area contributed by atoms with E-state index in [1.54, 1.807) is 32.0 Å². The van der Waals surface area contributed by atoms with E-state index in [1.165, 1.54) is 28.5 Å². The summed E-state index contributed by atoms with van der Waals surface area (Å²) in [5.41, 5.74) is 4.90. The number of hydrogen-bond donors (Lipinski definition) is 1. The molecule has 0 saturated carbocycles. The van der Waals surface area contributed by atoms with E-state index < -0.39 is 0 Å². The Morgan fingerprint density at radius 1 is 0.788 bits per heavy atom. The van der Waals surface area contributed by atoms with Gasteiger partial charge in [0.25, 0.3) is 0 Å². The second-order valence-corrected chi connectivity index (χ2v) is 8.98. The van der Waals surface area contributed by atoms with Crippen LogP contribution in [0, 0.1) is 5.41 Å². The minimum Gasteiger partial charge on any atom is -0.497 e. The van der Waals surface area contributed by atoms with Crippen LogP contribution in [-0.4, -0.2) is 14.2 Å². The topological polar surface area (TPSA) is 55.5 Å². The zero-order valence-electron chi connectivity index (χ0n) is 19.4. The van der Waals surface area contributed by atoms with Gasteiger partial charge in [0.1, 0.15) is 11.5 Å². The van der Waals surface area contributed by atoms with E-state index in [0.717, 1.165) is 34.8 Å². The number of allylic oxidation sites excluding steroid dienone is 2. The van der Waals surface area contributed by atoms with Crippen molar-refractivity contribution in [3.05, 3.63) is 88.2 Å². The third-order valence-electron chi connectivity index (χ3n) is 5.08. The molecule has 0 aliphatic rings. The average Bonchev–Trinajstić information content (AvgIpc) is 2.85. The Hall–Kier alpha value is -2.83. The fraction of sp³-hybridized carbons (Fsp3) is 0.222. The number of rotatable bonds is 10. The van der Waals surface area contributed by atoms with Crippen LogP contribution in [0.5, 0.6) is 11.5 Å². The zero-order chi connectivity index (χ0) is 23.6. The fourth-order valence-electron chi connectivity index (χ4n) is 3.17. The minimum absolute atomic E-state index is 0.147. The van der Waals surface area contributed by atoms with Gasteiger partial charge >= 0.3 is 0 Å². The van der Waals surface area contributed by atoms with Crippen LogP contribution in [0.3, 0.4) is 0 Å². The van der Waals surface area contributed by atoms with Crippen LogP contribution < -0.4 is 15.0 Å². The van der Waals surface area contributed by atoms with Crippen molar-refractivity contribution < 1.29 is 13.9 Å². The highest BCUT2D eigenvalue weighted by atomic mass is 32.2. The molecule has 1 aromatic heterocycles. The van der Waals surface area contributed by atoms with Gasteiger partial charge in [-0.1, -0.05) is 61.6 Å². The van der Waals surface area contributed by atoms with Crippen molar-refractivity contribution in [1.82, 2.24) is 0 Å². The molecule has 0 aliphatic heterocycles. The van der Waals surface area contributed by atoms with Crippen molar-refractivity contribution in [2.45, 2.75) is 36.7 Å². The molecule has 0 saturated heterocycles.